The average Bonchev–Trinajstić information content (AvgIpc) is 2.91. The van der Waals surface area contributed by atoms with E-state index in [1.165, 1.54) is 0 Å². The maximum absolute atomic E-state index is 5.90. The van der Waals surface area contributed by atoms with Gasteiger partial charge in [0, 0.05) is 5.56 Å². The lowest BCUT2D eigenvalue weighted by Gasteiger charge is -2.04. The number of anilines is 1. The Morgan fingerprint density at radius 3 is 2.55 bits per heavy atom. The van der Waals surface area contributed by atoms with Gasteiger partial charge in [-0.2, -0.15) is 0 Å². The van der Waals surface area contributed by atoms with Crippen LogP contribution in [0.4, 0.5) is 5.69 Å². The number of nitrogen functional groups attached to an aromatic ring is 1. The van der Waals surface area contributed by atoms with Crippen molar-refractivity contribution >= 4 is 16.8 Å². The Bertz CT molecular complexity index is 765. The molecule has 3 aromatic rings. The van der Waals surface area contributed by atoms with E-state index < -0.39 is 0 Å². The second-order valence-corrected chi connectivity index (χ2v) is 4.28. The van der Waals surface area contributed by atoms with Gasteiger partial charge in [-0.3, -0.25) is 0 Å². The number of fused-ring (bicyclic) bond motifs is 1. The summed E-state index contributed by atoms with van der Waals surface area (Å²) in [7, 11) is 3.18. The van der Waals surface area contributed by atoms with Crippen molar-refractivity contribution in [3.8, 4) is 23.0 Å². The van der Waals surface area contributed by atoms with Crippen molar-refractivity contribution in [1.29, 1.82) is 0 Å². The normalized spacial score (nSPS) is 10.7. The maximum Gasteiger partial charge on any atom is 0.227 e. The van der Waals surface area contributed by atoms with E-state index in [-0.39, 0.29) is 0 Å². The molecule has 0 fully saturated rings. The summed E-state index contributed by atoms with van der Waals surface area (Å²) < 4.78 is 16.1. The van der Waals surface area contributed by atoms with Gasteiger partial charge in [0.05, 0.1) is 19.9 Å². The molecule has 0 bridgehead atoms. The number of ether oxygens (including phenoxy) is 2. The summed E-state index contributed by atoms with van der Waals surface area (Å²) in [5.74, 6) is 1.81. The monoisotopic (exact) mass is 270 g/mol. The Labute approximate surface area is 115 Å². The molecule has 0 aliphatic rings. The van der Waals surface area contributed by atoms with Gasteiger partial charge in [-0.15, -0.1) is 0 Å². The highest BCUT2D eigenvalue weighted by molar-refractivity contribution is 5.82. The fourth-order valence-corrected chi connectivity index (χ4v) is 2.08. The summed E-state index contributed by atoms with van der Waals surface area (Å²) >= 11 is 0. The van der Waals surface area contributed by atoms with E-state index in [0.29, 0.717) is 34.2 Å². The van der Waals surface area contributed by atoms with Crippen LogP contribution in [0.1, 0.15) is 0 Å². The number of rotatable bonds is 3. The number of oxazole rings is 1. The Morgan fingerprint density at radius 2 is 1.85 bits per heavy atom. The van der Waals surface area contributed by atoms with Crippen LogP contribution in [0.3, 0.4) is 0 Å². The molecule has 5 heteroatoms. The first kappa shape index (κ1) is 12.3. The Hall–Kier alpha value is -2.69. The number of hydrogen-bond donors (Lipinski definition) is 1. The third kappa shape index (κ3) is 1.93. The maximum atomic E-state index is 5.90. The van der Waals surface area contributed by atoms with Crippen molar-refractivity contribution in [3.05, 3.63) is 36.4 Å². The molecule has 2 aromatic carbocycles. The molecule has 0 aliphatic heterocycles. The zero-order valence-corrected chi connectivity index (χ0v) is 11.2. The van der Waals surface area contributed by atoms with Crippen LogP contribution in [-0.2, 0) is 0 Å². The molecule has 1 heterocycles. The minimum absolute atomic E-state index is 0.499. The predicted molar refractivity (Wildman–Crippen MR) is 77.0 cm³/mol. The molecular weight excluding hydrogens is 256 g/mol. The van der Waals surface area contributed by atoms with Crippen LogP contribution in [0, 0.1) is 0 Å². The van der Waals surface area contributed by atoms with Gasteiger partial charge in [-0.1, -0.05) is 6.07 Å². The summed E-state index contributed by atoms with van der Waals surface area (Å²) in [5, 5.41) is 0. The number of nitrogens with zero attached hydrogens (tertiary/aromatic N) is 1. The van der Waals surface area contributed by atoms with Gasteiger partial charge in [-0.05, 0) is 30.3 Å². The van der Waals surface area contributed by atoms with Gasteiger partial charge < -0.3 is 19.6 Å². The van der Waals surface area contributed by atoms with Crippen LogP contribution in [0.25, 0.3) is 22.6 Å². The van der Waals surface area contributed by atoms with Gasteiger partial charge in [0.15, 0.2) is 11.1 Å². The van der Waals surface area contributed by atoms with Crippen LogP contribution >= 0.6 is 0 Å². The van der Waals surface area contributed by atoms with Crippen molar-refractivity contribution < 1.29 is 13.9 Å². The number of para-hydroxylation sites is 1. The summed E-state index contributed by atoms with van der Waals surface area (Å²) in [6.07, 6.45) is 0. The molecule has 0 amide bonds. The highest BCUT2D eigenvalue weighted by Crippen LogP contribution is 2.32. The summed E-state index contributed by atoms with van der Waals surface area (Å²) in [6, 6.07) is 11.0. The largest absolute Gasteiger partial charge is 0.495 e. The van der Waals surface area contributed by atoms with E-state index in [1.807, 2.05) is 24.3 Å². The first-order chi connectivity index (χ1) is 9.72. The molecule has 3 rings (SSSR count). The zero-order valence-electron chi connectivity index (χ0n) is 11.2. The number of aromatic nitrogens is 1. The highest BCUT2D eigenvalue weighted by Gasteiger charge is 2.13. The zero-order chi connectivity index (χ0) is 14.1. The SMILES string of the molecule is COc1ccc(-c2nc3c(OC)cccc3o2)cc1N. The fourth-order valence-electron chi connectivity index (χ4n) is 2.08. The van der Waals surface area contributed by atoms with Crippen LogP contribution in [0.2, 0.25) is 0 Å². The Balaban J connectivity index is 2.12. The second kappa shape index (κ2) is 4.77. The van der Waals surface area contributed by atoms with Crippen LogP contribution in [-0.4, -0.2) is 19.2 Å². The van der Waals surface area contributed by atoms with Gasteiger partial charge in [0.1, 0.15) is 11.5 Å². The fraction of sp³-hybridized carbons (Fsp3) is 0.133. The molecule has 0 unspecified atom stereocenters. The molecule has 0 radical (unpaired) electrons. The van der Waals surface area contributed by atoms with Crippen LogP contribution in [0.5, 0.6) is 11.5 Å². The van der Waals surface area contributed by atoms with Crippen molar-refractivity contribution in [1.82, 2.24) is 4.98 Å². The minimum atomic E-state index is 0.499. The van der Waals surface area contributed by atoms with Crippen molar-refractivity contribution in [2.75, 3.05) is 20.0 Å². The van der Waals surface area contributed by atoms with E-state index in [4.69, 9.17) is 19.6 Å². The van der Waals surface area contributed by atoms with Gasteiger partial charge in [-0.25, -0.2) is 4.98 Å². The molecule has 2 N–H and O–H groups in total. The van der Waals surface area contributed by atoms with Gasteiger partial charge >= 0.3 is 0 Å². The minimum Gasteiger partial charge on any atom is -0.495 e. The smallest absolute Gasteiger partial charge is 0.227 e. The lowest BCUT2D eigenvalue weighted by molar-refractivity contribution is 0.417. The number of nitrogens with two attached hydrogens (primary N) is 1. The van der Waals surface area contributed by atoms with Gasteiger partial charge in [0.2, 0.25) is 5.89 Å². The van der Waals surface area contributed by atoms with E-state index in [0.717, 1.165) is 5.56 Å². The summed E-state index contributed by atoms with van der Waals surface area (Å²) in [4.78, 5) is 4.46. The average molecular weight is 270 g/mol. The van der Waals surface area contributed by atoms with E-state index >= 15 is 0 Å². The molecule has 0 spiro atoms. The highest BCUT2D eigenvalue weighted by atomic mass is 16.5. The first-order valence-electron chi connectivity index (χ1n) is 6.10. The van der Waals surface area contributed by atoms with E-state index in [2.05, 4.69) is 4.98 Å². The molecule has 0 saturated carbocycles. The Kier molecular flexibility index (Phi) is 2.95. The van der Waals surface area contributed by atoms with Gasteiger partial charge in [0.25, 0.3) is 0 Å². The predicted octanol–water partition coefficient (Wildman–Crippen LogP) is 3.09. The Morgan fingerprint density at radius 1 is 1.05 bits per heavy atom. The standard InChI is InChI=1S/C15H14N2O3/c1-18-11-7-6-9(8-10(11)16)15-17-14-12(19-2)4-3-5-13(14)20-15/h3-8H,16H2,1-2H3. The second-order valence-electron chi connectivity index (χ2n) is 4.28. The van der Waals surface area contributed by atoms with Crippen molar-refractivity contribution in [2.24, 2.45) is 0 Å². The third-order valence-electron chi connectivity index (χ3n) is 3.08. The topological polar surface area (TPSA) is 70.5 Å². The van der Waals surface area contributed by atoms with Crippen LogP contribution in [0.15, 0.2) is 40.8 Å². The first-order valence-corrected chi connectivity index (χ1v) is 6.10. The number of hydrogen-bond acceptors (Lipinski definition) is 5. The molecule has 0 saturated heterocycles. The quantitative estimate of drug-likeness (QED) is 0.740. The van der Waals surface area contributed by atoms with Crippen molar-refractivity contribution in [3.63, 3.8) is 0 Å². The summed E-state index contributed by atoms with van der Waals surface area (Å²) in [6.45, 7) is 0. The molecular formula is C15H14N2O3. The third-order valence-corrected chi connectivity index (χ3v) is 3.08. The van der Waals surface area contributed by atoms with Crippen molar-refractivity contribution in [2.45, 2.75) is 0 Å². The molecule has 5 nitrogen and oxygen atoms in total. The summed E-state index contributed by atoms with van der Waals surface area (Å²) in [5.41, 5.74) is 8.60. The molecule has 102 valence electrons. The molecule has 0 atom stereocenters. The van der Waals surface area contributed by atoms with Crippen LogP contribution < -0.4 is 15.2 Å². The lowest BCUT2D eigenvalue weighted by Crippen LogP contribution is -1.92. The number of methoxy groups -OCH3 is 2. The molecule has 0 aliphatic carbocycles. The molecule has 1 aromatic heterocycles. The molecule has 20 heavy (non-hydrogen) atoms. The van der Waals surface area contributed by atoms with E-state index in [9.17, 15) is 0 Å². The van der Waals surface area contributed by atoms with E-state index in [1.54, 1.807) is 26.4 Å². The number of benzene rings is 2. The lowest BCUT2D eigenvalue weighted by atomic mass is 10.2.